The van der Waals surface area contributed by atoms with E-state index in [1.54, 1.807) is 12.1 Å². The second kappa shape index (κ2) is 7.15. The van der Waals surface area contributed by atoms with Gasteiger partial charge in [0, 0.05) is 29.5 Å². The van der Waals surface area contributed by atoms with Crippen molar-refractivity contribution in [3.05, 3.63) is 48.3 Å². The quantitative estimate of drug-likeness (QED) is 0.532. The van der Waals surface area contributed by atoms with E-state index < -0.39 is 38.2 Å². The van der Waals surface area contributed by atoms with Crippen LogP contribution in [0.3, 0.4) is 0 Å². The van der Waals surface area contributed by atoms with Crippen LogP contribution in [0.15, 0.2) is 52.5 Å². The highest BCUT2D eigenvalue weighted by molar-refractivity contribution is 7.90. The lowest BCUT2D eigenvalue weighted by molar-refractivity contribution is 0.00578. The Morgan fingerprint density at radius 2 is 1.50 bits per heavy atom. The summed E-state index contributed by atoms with van der Waals surface area (Å²) in [7, 11) is -8.46. The minimum Gasteiger partial charge on any atom is -0.399 e. The average Bonchev–Trinajstić information content (AvgIpc) is 3.15. The van der Waals surface area contributed by atoms with Gasteiger partial charge in [0.2, 0.25) is 0 Å². The predicted molar refractivity (Wildman–Crippen MR) is 122 cm³/mol. The summed E-state index contributed by atoms with van der Waals surface area (Å²) in [6, 6.07) is 7.89. The van der Waals surface area contributed by atoms with Crippen LogP contribution in [0.5, 0.6) is 0 Å². The van der Waals surface area contributed by atoms with Crippen LogP contribution in [-0.4, -0.2) is 50.4 Å². The number of rotatable bonds is 4. The van der Waals surface area contributed by atoms with Gasteiger partial charge in [0.1, 0.15) is 0 Å². The largest absolute Gasteiger partial charge is 0.497 e. The Morgan fingerprint density at radius 3 is 2.03 bits per heavy atom. The third kappa shape index (κ3) is 3.66. The molecular formula is C21H25BN2O6S2. The van der Waals surface area contributed by atoms with E-state index in [2.05, 4.69) is 4.98 Å². The monoisotopic (exact) mass is 476 g/mol. The molecule has 0 atom stereocenters. The van der Waals surface area contributed by atoms with Crippen molar-refractivity contribution in [2.45, 2.75) is 55.6 Å². The van der Waals surface area contributed by atoms with Crippen molar-refractivity contribution in [2.24, 2.45) is 0 Å². The van der Waals surface area contributed by atoms with E-state index in [1.807, 2.05) is 34.6 Å². The molecule has 0 bridgehead atoms. The van der Waals surface area contributed by atoms with E-state index in [9.17, 15) is 16.8 Å². The lowest BCUT2D eigenvalue weighted by Gasteiger charge is -2.32. The van der Waals surface area contributed by atoms with Crippen molar-refractivity contribution < 1.29 is 26.1 Å². The normalized spacial score (nSPS) is 18.4. The van der Waals surface area contributed by atoms with Crippen LogP contribution in [0.4, 0.5) is 0 Å². The molecule has 1 aliphatic heterocycles. The van der Waals surface area contributed by atoms with E-state index in [0.717, 1.165) is 22.0 Å². The number of benzene rings is 1. The van der Waals surface area contributed by atoms with Gasteiger partial charge < -0.3 is 9.31 Å². The number of hydrogen-bond acceptors (Lipinski definition) is 7. The van der Waals surface area contributed by atoms with E-state index >= 15 is 0 Å². The molecule has 170 valence electrons. The number of fused-ring (bicyclic) bond motifs is 1. The Morgan fingerprint density at radius 1 is 0.938 bits per heavy atom. The molecular weight excluding hydrogens is 451 g/mol. The molecule has 32 heavy (non-hydrogen) atoms. The molecule has 3 heterocycles. The van der Waals surface area contributed by atoms with Crippen LogP contribution >= 0.6 is 0 Å². The van der Waals surface area contributed by atoms with Gasteiger partial charge in [-0.3, -0.25) is 0 Å². The van der Waals surface area contributed by atoms with Crippen LogP contribution in [0.25, 0.3) is 11.0 Å². The van der Waals surface area contributed by atoms with E-state index in [1.165, 1.54) is 24.4 Å². The van der Waals surface area contributed by atoms with Crippen molar-refractivity contribution in [3.63, 3.8) is 0 Å². The third-order valence-corrected chi connectivity index (χ3v) is 8.87. The summed E-state index contributed by atoms with van der Waals surface area (Å²) in [6.07, 6.45) is 3.64. The molecule has 1 fully saturated rings. The summed E-state index contributed by atoms with van der Waals surface area (Å²) >= 11 is 0. The van der Waals surface area contributed by atoms with Gasteiger partial charge in [-0.1, -0.05) is 17.7 Å². The lowest BCUT2D eigenvalue weighted by atomic mass is 9.79. The first-order valence-corrected chi connectivity index (χ1v) is 13.4. The molecule has 0 radical (unpaired) electrons. The van der Waals surface area contributed by atoms with Crippen molar-refractivity contribution in [1.82, 2.24) is 8.96 Å². The Labute approximate surface area is 188 Å². The van der Waals surface area contributed by atoms with Crippen molar-refractivity contribution in [3.8, 4) is 0 Å². The highest BCUT2D eigenvalue weighted by Crippen LogP contribution is 2.37. The van der Waals surface area contributed by atoms with Gasteiger partial charge >= 0.3 is 7.12 Å². The Kier molecular flexibility index (Phi) is 5.13. The summed E-state index contributed by atoms with van der Waals surface area (Å²) in [4.78, 5) is 4.29. The maximum Gasteiger partial charge on any atom is 0.497 e. The Balaban J connectivity index is 1.97. The van der Waals surface area contributed by atoms with Gasteiger partial charge in [0.25, 0.3) is 10.0 Å². The lowest BCUT2D eigenvalue weighted by Crippen LogP contribution is -2.41. The Hall–Kier alpha value is -2.21. The first-order valence-electron chi connectivity index (χ1n) is 10.0. The molecule has 0 amide bonds. The SMILES string of the molecule is Cc1ccc(S(=O)(=O)n2cc(B3OC(C)(C)C(C)(C)O3)c3cc(S(C)(=O)=O)cnc32)cc1. The summed E-state index contributed by atoms with van der Waals surface area (Å²) in [5.41, 5.74) is 0.0956. The van der Waals surface area contributed by atoms with Gasteiger partial charge in [-0.15, -0.1) is 0 Å². The fourth-order valence-corrected chi connectivity index (χ4v) is 5.36. The molecule has 4 rings (SSSR count). The molecule has 2 aromatic heterocycles. The number of aryl methyl sites for hydroxylation is 1. The topological polar surface area (TPSA) is 105 Å². The molecule has 1 saturated heterocycles. The van der Waals surface area contributed by atoms with Crippen LogP contribution in [0.1, 0.15) is 33.3 Å². The van der Waals surface area contributed by atoms with Crippen molar-refractivity contribution in [2.75, 3.05) is 6.26 Å². The fourth-order valence-electron chi connectivity index (χ4n) is 3.45. The average molecular weight is 476 g/mol. The summed E-state index contributed by atoms with van der Waals surface area (Å²) in [5.74, 6) is 0. The van der Waals surface area contributed by atoms with Gasteiger partial charge in [0.15, 0.2) is 15.5 Å². The minimum atomic E-state index is -4.00. The summed E-state index contributed by atoms with van der Waals surface area (Å²) < 4.78 is 64.5. The zero-order chi connectivity index (χ0) is 23.7. The maximum atomic E-state index is 13.4. The van der Waals surface area contributed by atoms with Crippen molar-refractivity contribution >= 4 is 43.5 Å². The van der Waals surface area contributed by atoms with Crippen LogP contribution in [0, 0.1) is 6.92 Å². The molecule has 1 aromatic carbocycles. The summed E-state index contributed by atoms with van der Waals surface area (Å²) in [6.45, 7) is 9.40. The number of hydrogen-bond donors (Lipinski definition) is 0. The second-order valence-corrected chi connectivity index (χ2v) is 12.9. The molecule has 3 aromatic rings. The minimum absolute atomic E-state index is 0.0201. The van der Waals surface area contributed by atoms with Gasteiger partial charge in [0.05, 0.1) is 21.0 Å². The molecule has 11 heteroatoms. The van der Waals surface area contributed by atoms with Gasteiger partial charge in [-0.05, 0) is 52.8 Å². The first-order chi connectivity index (χ1) is 14.6. The number of aromatic nitrogens is 2. The second-order valence-electron chi connectivity index (χ2n) is 9.10. The highest BCUT2D eigenvalue weighted by Gasteiger charge is 2.52. The molecule has 0 saturated carbocycles. The highest BCUT2D eigenvalue weighted by atomic mass is 32.2. The van der Waals surface area contributed by atoms with E-state index in [-0.39, 0.29) is 15.4 Å². The fraction of sp³-hybridized carbons (Fsp3) is 0.381. The molecule has 0 spiro atoms. The molecule has 8 nitrogen and oxygen atoms in total. The number of sulfone groups is 1. The molecule has 1 aliphatic rings. The molecule has 0 N–H and O–H groups in total. The molecule has 0 unspecified atom stereocenters. The third-order valence-electron chi connectivity index (χ3n) is 6.13. The summed E-state index contributed by atoms with van der Waals surface area (Å²) in [5, 5.41) is 0.335. The molecule has 0 aliphatic carbocycles. The van der Waals surface area contributed by atoms with Crippen LogP contribution in [-0.2, 0) is 29.2 Å². The van der Waals surface area contributed by atoms with E-state index in [0.29, 0.717) is 10.8 Å². The zero-order valence-electron chi connectivity index (χ0n) is 18.8. The van der Waals surface area contributed by atoms with Crippen LogP contribution in [0.2, 0.25) is 0 Å². The van der Waals surface area contributed by atoms with Gasteiger partial charge in [-0.25, -0.2) is 25.8 Å². The predicted octanol–water partition coefficient (Wildman–Crippen LogP) is 2.28. The Bertz CT molecular complexity index is 1410. The standard InChI is InChI=1S/C21H25BN2O6S2/c1-14-7-9-15(10-8-14)32(27,28)24-13-18(22-29-20(2,3)21(4,5)30-22)17-11-16(31(6,25)26)12-23-19(17)24/h7-13H,1-6H3. The van der Waals surface area contributed by atoms with Crippen LogP contribution < -0.4 is 5.46 Å². The van der Waals surface area contributed by atoms with E-state index in [4.69, 9.17) is 9.31 Å². The first kappa shape index (κ1) is 23.0. The van der Waals surface area contributed by atoms with Crippen molar-refractivity contribution in [1.29, 1.82) is 0 Å². The number of nitrogens with zero attached hydrogens (tertiary/aromatic N) is 2. The zero-order valence-corrected chi connectivity index (χ0v) is 20.4. The number of pyridine rings is 1. The smallest absolute Gasteiger partial charge is 0.399 e. The maximum absolute atomic E-state index is 13.4. The van der Waals surface area contributed by atoms with Gasteiger partial charge in [-0.2, -0.15) is 0 Å².